The second-order valence-electron chi connectivity index (χ2n) is 7.57. The zero-order valence-corrected chi connectivity index (χ0v) is 15.6. The van der Waals surface area contributed by atoms with Gasteiger partial charge in [-0.2, -0.15) is 0 Å². The largest absolute Gasteiger partial charge is 0.509 e. The molecule has 27 heavy (non-hydrogen) atoms. The number of ether oxygens (including phenoxy) is 1. The second-order valence-corrected chi connectivity index (χ2v) is 7.57. The van der Waals surface area contributed by atoms with Gasteiger partial charge in [0.2, 0.25) is 0 Å². The van der Waals surface area contributed by atoms with Gasteiger partial charge >= 0.3 is 0 Å². The summed E-state index contributed by atoms with van der Waals surface area (Å²) in [6, 6.07) is 15.7. The maximum Gasteiger partial charge on any atom is 0.256 e. The van der Waals surface area contributed by atoms with Gasteiger partial charge in [-0.1, -0.05) is 55.7 Å². The van der Waals surface area contributed by atoms with Crippen molar-refractivity contribution in [1.29, 1.82) is 0 Å². The summed E-state index contributed by atoms with van der Waals surface area (Å²) in [4.78, 5) is 12.7. The molecule has 0 radical (unpaired) electrons. The fourth-order valence-electron chi connectivity index (χ4n) is 4.15. The lowest BCUT2D eigenvalue weighted by Gasteiger charge is -2.33. The van der Waals surface area contributed by atoms with Crippen LogP contribution in [0.5, 0.6) is 5.75 Å². The minimum absolute atomic E-state index is 0.183. The van der Waals surface area contributed by atoms with E-state index in [1.54, 1.807) is 0 Å². The van der Waals surface area contributed by atoms with Crippen LogP contribution in [0.1, 0.15) is 48.8 Å². The molecule has 1 spiro atoms. The zero-order chi connectivity index (χ0) is 18.9. The molecule has 0 aromatic heterocycles. The first kappa shape index (κ1) is 17.7. The van der Waals surface area contributed by atoms with Gasteiger partial charge in [-0.15, -0.1) is 0 Å². The minimum atomic E-state index is -0.571. The van der Waals surface area contributed by atoms with Gasteiger partial charge in [-0.05, 0) is 48.6 Å². The van der Waals surface area contributed by atoms with Crippen molar-refractivity contribution in [2.24, 2.45) is 0 Å². The summed E-state index contributed by atoms with van der Waals surface area (Å²) in [5.74, 6) is 0.713. The lowest BCUT2D eigenvalue weighted by atomic mass is 9.80. The molecule has 1 heterocycles. The number of aryl methyl sites for hydroxylation is 1. The standard InChI is InChI=1S/C23H25NO3/c1-16-10-11-18(27-15-17-8-4-2-5-9-17)14-19(16)20-21(25)23(24-22(20)26)12-6-3-7-13-23/h2,4-5,8-11,14,25H,3,6-7,12-13,15H2,1H3,(H,24,26). The number of amides is 1. The van der Waals surface area contributed by atoms with E-state index in [9.17, 15) is 9.90 Å². The van der Waals surface area contributed by atoms with Crippen LogP contribution in [0, 0.1) is 6.92 Å². The number of hydrogen-bond acceptors (Lipinski definition) is 3. The van der Waals surface area contributed by atoms with Gasteiger partial charge < -0.3 is 15.2 Å². The highest BCUT2D eigenvalue weighted by Gasteiger charge is 2.46. The average molecular weight is 363 g/mol. The average Bonchev–Trinajstić information content (AvgIpc) is 2.92. The number of rotatable bonds is 4. The third-order valence-corrected chi connectivity index (χ3v) is 5.70. The summed E-state index contributed by atoms with van der Waals surface area (Å²) in [5, 5.41) is 14.0. The van der Waals surface area contributed by atoms with E-state index in [0.29, 0.717) is 17.9 Å². The maximum absolute atomic E-state index is 12.7. The molecule has 1 fully saturated rings. The molecule has 2 N–H and O–H groups in total. The number of aliphatic hydroxyl groups excluding tert-OH is 1. The highest BCUT2D eigenvalue weighted by molar-refractivity contribution is 6.23. The molecule has 2 aliphatic rings. The Morgan fingerprint density at radius 3 is 2.56 bits per heavy atom. The summed E-state index contributed by atoms with van der Waals surface area (Å²) < 4.78 is 5.92. The van der Waals surface area contributed by atoms with Crippen LogP contribution in [0.2, 0.25) is 0 Å². The maximum atomic E-state index is 12.7. The first-order valence-corrected chi connectivity index (χ1v) is 9.63. The van der Waals surface area contributed by atoms with Crippen molar-refractivity contribution in [2.75, 3.05) is 0 Å². The van der Waals surface area contributed by atoms with Crippen LogP contribution in [0.3, 0.4) is 0 Å². The quantitative estimate of drug-likeness (QED) is 0.829. The molecule has 0 saturated heterocycles. The van der Waals surface area contributed by atoms with E-state index < -0.39 is 5.54 Å². The van der Waals surface area contributed by atoms with Crippen LogP contribution in [-0.2, 0) is 11.4 Å². The van der Waals surface area contributed by atoms with E-state index in [1.807, 2.05) is 55.5 Å². The third kappa shape index (κ3) is 3.32. The predicted molar refractivity (Wildman–Crippen MR) is 105 cm³/mol. The first-order chi connectivity index (χ1) is 13.1. The fraction of sp³-hybridized carbons (Fsp3) is 0.348. The number of benzene rings is 2. The predicted octanol–water partition coefficient (Wildman–Crippen LogP) is 4.68. The molecule has 0 bridgehead atoms. The molecule has 1 aliphatic carbocycles. The van der Waals surface area contributed by atoms with Crippen molar-refractivity contribution < 1.29 is 14.6 Å². The van der Waals surface area contributed by atoms with Gasteiger partial charge in [0.25, 0.3) is 5.91 Å². The Balaban J connectivity index is 1.63. The monoisotopic (exact) mass is 363 g/mol. The number of carbonyl (C=O) groups excluding carboxylic acids is 1. The van der Waals surface area contributed by atoms with E-state index in [2.05, 4.69) is 5.32 Å². The Hall–Kier alpha value is -2.75. The Kier molecular flexibility index (Phi) is 4.65. The molecule has 4 heteroatoms. The summed E-state index contributed by atoms with van der Waals surface area (Å²) in [7, 11) is 0. The number of nitrogens with one attached hydrogen (secondary N) is 1. The van der Waals surface area contributed by atoms with Crippen molar-refractivity contribution in [3.05, 3.63) is 71.0 Å². The number of hydrogen-bond donors (Lipinski definition) is 2. The van der Waals surface area contributed by atoms with Crippen molar-refractivity contribution >= 4 is 11.5 Å². The summed E-state index contributed by atoms with van der Waals surface area (Å²) in [6.45, 7) is 2.42. The van der Waals surface area contributed by atoms with Gasteiger partial charge in [0.1, 0.15) is 18.1 Å². The SMILES string of the molecule is Cc1ccc(OCc2ccccc2)cc1C1=C(O)C2(CCCCC2)NC1=O. The van der Waals surface area contributed by atoms with Crippen LogP contribution in [-0.4, -0.2) is 16.6 Å². The topological polar surface area (TPSA) is 58.6 Å². The summed E-state index contributed by atoms with van der Waals surface area (Å²) in [6.07, 6.45) is 4.81. The molecule has 1 amide bonds. The Morgan fingerprint density at radius 1 is 1.07 bits per heavy atom. The molecule has 1 aliphatic heterocycles. The van der Waals surface area contributed by atoms with Crippen LogP contribution < -0.4 is 10.1 Å². The molecular weight excluding hydrogens is 338 g/mol. The van der Waals surface area contributed by atoms with Crippen molar-refractivity contribution in [3.63, 3.8) is 0 Å². The van der Waals surface area contributed by atoms with Crippen LogP contribution in [0.25, 0.3) is 5.57 Å². The van der Waals surface area contributed by atoms with Gasteiger partial charge in [0.15, 0.2) is 0 Å². The van der Waals surface area contributed by atoms with E-state index in [0.717, 1.165) is 48.8 Å². The smallest absolute Gasteiger partial charge is 0.256 e. The van der Waals surface area contributed by atoms with Crippen LogP contribution in [0.4, 0.5) is 0 Å². The summed E-state index contributed by atoms with van der Waals surface area (Å²) in [5.41, 5.74) is 2.61. The normalized spacial score (nSPS) is 18.6. The van der Waals surface area contributed by atoms with Gasteiger partial charge in [0, 0.05) is 0 Å². The minimum Gasteiger partial charge on any atom is -0.509 e. The Bertz CT molecular complexity index is 880. The van der Waals surface area contributed by atoms with Gasteiger partial charge in [0.05, 0.1) is 11.1 Å². The second kappa shape index (κ2) is 7.10. The van der Waals surface area contributed by atoms with Crippen molar-refractivity contribution in [2.45, 2.75) is 51.2 Å². The van der Waals surface area contributed by atoms with E-state index in [-0.39, 0.29) is 11.7 Å². The fourth-order valence-corrected chi connectivity index (χ4v) is 4.15. The highest BCUT2D eigenvalue weighted by Crippen LogP contribution is 2.42. The first-order valence-electron chi connectivity index (χ1n) is 9.63. The third-order valence-electron chi connectivity index (χ3n) is 5.70. The van der Waals surface area contributed by atoms with E-state index in [1.165, 1.54) is 0 Å². The lowest BCUT2D eigenvalue weighted by Crippen LogP contribution is -2.46. The molecule has 0 atom stereocenters. The molecule has 2 aromatic carbocycles. The van der Waals surface area contributed by atoms with Gasteiger partial charge in [-0.25, -0.2) is 0 Å². The zero-order valence-electron chi connectivity index (χ0n) is 15.6. The van der Waals surface area contributed by atoms with Crippen molar-refractivity contribution in [1.82, 2.24) is 5.32 Å². The molecule has 140 valence electrons. The van der Waals surface area contributed by atoms with Gasteiger partial charge in [-0.3, -0.25) is 4.79 Å². The number of aliphatic hydroxyl groups is 1. The van der Waals surface area contributed by atoms with Crippen molar-refractivity contribution in [3.8, 4) is 5.75 Å². The van der Waals surface area contributed by atoms with E-state index in [4.69, 9.17) is 4.74 Å². The molecule has 2 aromatic rings. The van der Waals surface area contributed by atoms with Crippen LogP contribution >= 0.6 is 0 Å². The van der Waals surface area contributed by atoms with Crippen LogP contribution in [0.15, 0.2) is 54.3 Å². The molecule has 4 rings (SSSR count). The summed E-state index contributed by atoms with van der Waals surface area (Å²) >= 11 is 0. The lowest BCUT2D eigenvalue weighted by molar-refractivity contribution is -0.116. The molecule has 1 saturated carbocycles. The molecular formula is C23H25NO3. The Labute approximate surface area is 159 Å². The number of carbonyl (C=O) groups is 1. The highest BCUT2D eigenvalue weighted by atomic mass is 16.5. The molecule has 0 unspecified atom stereocenters. The Morgan fingerprint density at radius 2 is 1.81 bits per heavy atom. The van der Waals surface area contributed by atoms with E-state index >= 15 is 0 Å². The molecule has 4 nitrogen and oxygen atoms in total.